The minimum Gasteiger partial charge on any atom is -0.280 e. The molecule has 0 aliphatic carbocycles. The van der Waals surface area contributed by atoms with Crippen molar-refractivity contribution < 1.29 is 13.2 Å². The van der Waals surface area contributed by atoms with E-state index in [1.807, 2.05) is 0 Å². The molecular formula is C4H7NO3S. The van der Waals surface area contributed by atoms with Crippen molar-refractivity contribution in [3.05, 3.63) is 12.7 Å². The lowest BCUT2D eigenvalue weighted by atomic mass is 10.5. The van der Waals surface area contributed by atoms with Gasteiger partial charge in [-0.3, -0.25) is 4.79 Å². The molecule has 0 bridgehead atoms. The number of carbonyl (C=O) groups excluding carboxylic acids is 1. The number of rotatable bonds is 2. The van der Waals surface area contributed by atoms with Crippen molar-refractivity contribution in [2.45, 2.75) is 6.42 Å². The number of hydrogen-bond donors (Lipinski definition) is 1. The monoisotopic (exact) mass is 149 g/mol. The molecule has 0 aliphatic heterocycles. The summed E-state index contributed by atoms with van der Waals surface area (Å²) in [5.41, 5.74) is 0. The van der Waals surface area contributed by atoms with Crippen LogP contribution in [0, 0.1) is 0 Å². The predicted molar refractivity (Wildman–Crippen MR) is 32.9 cm³/mol. The Balaban J connectivity index is 4.24. The lowest BCUT2D eigenvalue weighted by Gasteiger charge is -1.88. The van der Waals surface area contributed by atoms with Gasteiger partial charge in [0, 0.05) is 6.42 Å². The van der Waals surface area contributed by atoms with Crippen molar-refractivity contribution in [2.75, 3.05) is 0 Å². The minimum absolute atomic E-state index is 0.223. The Labute approximate surface area is 53.4 Å². The van der Waals surface area contributed by atoms with Gasteiger partial charge in [0.25, 0.3) is 15.1 Å². The van der Waals surface area contributed by atoms with E-state index in [2.05, 4.69) is 11.7 Å². The zero-order valence-electron chi connectivity index (χ0n) is 4.70. The van der Waals surface area contributed by atoms with E-state index in [9.17, 15) is 13.2 Å². The lowest BCUT2D eigenvalue weighted by Crippen LogP contribution is -2.22. The molecule has 0 fully saturated rings. The Kier molecular flexibility index (Phi) is 2.54. The van der Waals surface area contributed by atoms with E-state index >= 15 is 0 Å². The fraction of sp³-hybridized carbons (Fsp3) is 0.250. The summed E-state index contributed by atoms with van der Waals surface area (Å²) in [6, 6.07) is 0. The van der Waals surface area contributed by atoms with Crippen LogP contribution in [0.3, 0.4) is 0 Å². The maximum absolute atomic E-state index is 10.3. The maximum Gasteiger partial charge on any atom is 0.272 e. The van der Waals surface area contributed by atoms with E-state index in [1.54, 1.807) is 0 Å². The molecule has 0 aliphatic rings. The van der Waals surface area contributed by atoms with Gasteiger partial charge >= 0.3 is 0 Å². The fourth-order valence-electron chi connectivity index (χ4n) is 0.234. The topological polar surface area (TPSA) is 77.2 Å². The van der Waals surface area contributed by atoms with Crippen LogP contribution in [0.25, 0.3) is 0 Å². The molecule has 0 rings (SSSR count). The molecule has 0 aromatic rings. The first-order valence-electron chi connectivity index (χ1n) is 2.15. The summed E-state index contributed by atoms with van der Waals surface area (Å²) >= 11 is 0. The molecule has 52 valence electrons. The third-order valence-electron chi connectivity index (χ3n) is 0.628. The molecule has 2 N–H and O–H groups in total. The van der Waals surface area contributed by atoms with Gasteiger partial charge in [0.05, 0.1) is 0 Å². The highest BCUT2D eigenvalue weighted by Crippen LogP contribution is 1.88. The number of allylic oxidation sites excluding steroid dienone is 1. The molecule has 5 heteroatoms. The standard InChI is InChI=1S/C4H7NO3S/c1-2-3-4(6)9(5,7)8/h2H,1,3H2,(H2,5,7,8). The average molecular weight is 149 g/mol. The predicted octanol–water partition coefficient (Wildman–Crippen LogP) is -0.622. The molecule has 0 amide bonds. The van der Waals surface area contributed by atoms with E-state index in [-0.39, 0.29) is 6.42 Å². The first-order valence-corrected chi connectivity index (χ1v) is 3.69. The van der Waals surface area contributed by atoms with Crippen LogP contribution >= 0.6 is 0 Å². The largest absolute Gasteiger partial charge is 0.280 e. The highest BCUT2D eigenvalue weighted by molar-refractivity contribution is 8.04. The molecule has 0 aromatic heterocycles. The normalized spacial score (nSPS) is 10.8. The van der Waals surface area contributed by atoms with E-state index in [1.165, 1.54) is 6.08 Å². The van der Waals surface area contributed by atoms with Crippen molar-refractivity contribution in [1.29, 1.82) is 0 Å². The summed E-state index contributed by atoms with van der Waals surface area (Å²) in [5.74, 6) is 0. The number of sulfonamides is 1. The van der Waals surface area contributed by atoms with Gasteiger partial charge < -0.3 is 0 Å². The number of hydrogen-bond acceptors (Lipinski definition) is 3. The third kappa shape index (κ3) is 2.99. The van der Waals surface area contributed by atoms with Crippen molar-refractivity contribution in [1.82, 2.24) is 0 Å². The van der Waals surface area contributed by atoms with Crippen LogP contribution in [-0.4, -0.2) is 13.5 Å². The zero-order valence-corrected chi connectivity index (χ0v) is 5.52. The van der Waals surface area contributed by atoms with Gasteiger partial charge in [-0.2, -0.15) is 0 Å². The highest BCUT2D eigenvalue weighted by Gasteiger charge is 2.12. The van der Waals surface area contributed by atoms with Gasteiger partial charge in [-0.25, -0.2) is 13.6 Å². The summed E-state index contributed by atoms with van der Waals surface area (Å²) < 4.78 is 20.2. The molecular weight excluding hydrogens is 142 g/mol. The SMILES string of the molecule is C=CCC(=O)S(N)(=O)=O. The quantitative estimate of drug-likeness (QED) is 0.531. The van der Waals surface area contributed by atoms with E-state index in [4.69, 9.17) is 0 Å². The maximum atomic E-state index is 10.3. The van der Waals surface area contributed by atoms with Crippen LogP contribution in [0.15, 0.2) is 12.7 Å². The fourth-order valence-corrected chi connectivity index (χ4v) is 0.584. The van der Waals surface area contributed by atoms with Crippen LogP contribution in [0.4, 0.5) is 0 Å². The second-order valence-corrected chi connectivity index (χ2v) is 2.96. The lowest BCUT2D eigenvalue weighted by molar-refractivity contribution is -0.111. The van der Waals surface area contributed by atoms with Crippen molar-refractivity contribution >= 4 is 15.1 Å². The first-order chi connectivity index (χ1) is 3.98. The van der Waals surface area contributed by atoms with Gasteiger partial charge in [-0.1, -0.05) is 6.08 Å². The summed E-state index contributed by atoms with van der Waals surface area (Å²) in [5, 5.41) is 3.44. The van der Waals surface area contributed by atoms with E-state index < -0.39 is 15.1 Å². The Bertz CT molecular complexity index is 216. The highest BCUT2D eigenvalue weighted by atomic mass is 32.2. The molecule has 0 saturated carbocycles. The van der Waals surface area contributed by atoms with Crippen LogP contribution in [0.1, 0.15) is 6.42 Å². The van der Waals surface area contributed by atoms with Gasteiger partial charge in [-0.05, 0) is 0 Å². The summed E-state index contributed by atoms with van der Waals surface area (Å²) in [4.78, 5) is 10.3. The summed E-state index contributed by atoms with van der Waals surface area (Å²) in [6.07, 6.45) is 0.964. The zero-order chi connectivity index (χ0) is 7.49. The Hall–Kier alpha value is -0.680. The van der Waals surface area contributed by atoms with Crippen LogP contribution in [0.2, 0.25) is 0 Å². The van der Waals surface area contributed by atoms with Crippen molar-refractivity contribution in [2.24, 2.45) is 5.14 Å². The van der Waals surface area contributed by atoms with Gasteiger partial charge in [0.1, 0.15) is 0 Å². The van der Waals surface area contributed by atoms with Gasteiger partial charge in [-0.15, -0.1) is 6.58 Å². The Morgan fingerprint density at radius 3 is 2.22 bits per heavy atom. The number of nitrogens with two attached hydrogens (primary N) is 1. The average Bonchev–Trinajstić information content (AvgIpc) is 1.64. The summed E-state index contributed by atoms with van der Waals surface area (Å²) in [6.45, 7) is 3.17. The molecule has 4 nitrogen and oxygen atoms in total. The molecule has 9 heavy (non-hydrogen) atoms. The number of carbonyl (C=O) groups is 1. The van der Waals surface area contributed by atoms with Crippen molar-refractivity contribution in [3.8, 4) is 0 Å². The molecule has 0 unspecified atom stereocenters. The van der Waals surface area contributed by atoms with E-state index in [0.717, 1.165) is 0 Å². The second-order valence-electron chi connectivity index (χ2n) is 1.41. The van der Waals surface area contributed by atoms with Crippen molar-refractivity contribution in [3.63, 3.8) is 0 Å². The van der Waals surface area contributed by atoms with Crippen LogP contribution < -0.4 is 5.14 Å². The second kappa shape index (κ2) is 2.75. The minimum atomic E-state index is -3.98. The van der Waals surface area contributed by atoms with Crippen LogP contribution in [0.5, 0.6) is 0 Å². The first kappa shape index (κ1) is 8.32. The molecule has 0 saturated heterocycles. The van der Waals surface area contributed by atoms with Gasteiger partial charge in [0.15, 0.2) is 0 Å². The Morgan fingerprint density at radius 2 is 2.11 bits per heavy atom. The molecule has 0 heterocycles. The smallest absolute Gasteiger partial charge is 0.272 e. The molecule has 0 spiro atoms. The summed E-state index contributed by atoms with van der Waals surface area (Å²) in [7, 11) is -3.98. The van der Waals surface area contributed by atoms with E-state index in [0.29, 0.717) is 0 Å². The molecule has 0 aromatic carbocycles. The number of primary sulfonamides is 1. The Morgan fingerprint density at radius 1 is 1.67 bits per heavy atom. The molecule has 0 radical (unpaired) electrons. The molecule has 0 atom stereocenters. The van der Waals surface area contributed by atoms with Gasteiger partial charge in [0.2, 0.25) is 0 Å². The van der Waals surface area contributed by atoms with Crippen LogP contribution in [-0.2, 0) is 14.8 Å². The third-order valence-corrected chi connectivity index (χ3v) is 1.43.